The molecule has 172 valence electrons. The van der Waals surface area contributed by atoms with Gasteiger partial charge in [-0.05, 0) is 56.8 Å². The van der Waals surface area contributed by atoms with Crippen molar-refractivity contribution in [2.24, 2.45) is 11.8 Å². The molecule has 0 radical (unpaired) electrons. The Morgan fingerprint density at radius 3 is 2.90 bits per heavy atom. The van der Waals surface area contributed by atoms with Crippen LogP contribution in [-0.2, 0) is 23.8 Å². The maximum atomic E-state index is 12.2. The van der Waals surface area contributed by atoms with E-state index in [0.717, 1.165) is 25.7 Å². The van der Waals surface area contributed by atoms with Gasteiger partial charge in [-0.15, -0.1) is 5.73 Å². The average Bonchev–Trinajstić information content (AvgIpc) is 3.14. The molecule has 0 spiro atoms. The van der Waals surface area contributed by atoms with Gasteiger partial charge in [-0.2, -0.15) is 0 Å². The van der Waals surface area contributed by atoms with E-state index in [1.807, 2.05) is 12.2 Å². The van der Waals surface area contributed by atoms with E-state index in [-0.39, 0.29) is 23.9 Å². The van der Waals surface area contributed by atoms with E-state index in [0.29, 0.717) is 19.4 Å². The zero-order chi connectivity index (χ0) is 22.3. The van der Waals surface area contributed by atoms with E-state index in [1.165, 1.54) is 32.8 Å². The molecule has 31 heavy (non-hydrogen) atoms. The average molecular weight is 431 g/mol. The van der Waals surface area contributed by atoms with Crippen molar-refractivity contribution in [2.45, 2.75) is 83.5 Å². The third-order valence-electron chi connectivity index (χ3n) is 5.75. The molecule has 0 aromatic heterocycles. The minimum absolute atomic E-state index is 0.0592. The van der Waals surface area contributed by atoms with Crippen molar-refractivity contribution in [2.75, 3.05) is 13.7 Å². The van der Waals surface area contributed by atoms with Crippen LogP contribution in [0.2, 0.25) is 0 Å². The number of unbranched alkanes of at least 4 members (excludes halogenated alkanes) is 4. The van der Waals surface area contributed by atoms with Crippen molar-refractivity contribution in [3.63, 3.8) is 0 Å². The second kappa shape index (κ2) is 15.0. The highest BCUT2D eigenvalue weighted by atomic mass is 16.7. The molecule has 0 saturated carbocycles. The first-order chi connectivity index (χ1) is 15.2. The number of methoxy groups -OCH3 is 1. The predicted octanol–water partition coefficient (Wildman–Crippen LogP) is 5.46. The second-order valence-corrected chi connectivity index (χ2v) is 8.21. The van der Waals surface area contributed by atoms with E-state index >= 15 is 0 Å². The van der Waals surface area contributed by atoms with Crippen LogP contribution in [0.3, 0.4) is 0 Å². The zero-order valence-electron chi connectivity index (χ0n) is 19.1. The first kappa shape index (κ1) is 25.3. The van der Waals surface area contributed by atoms with Gasteiger partial charge < -0.3 is 14.2 Å². The SMILES string of the molecule is CCCCCCC=C[C@H]1C=CC(=O)[C@@H]1CC=C=CCC(O[C@@H]1CCCCO1)C(=O)OC. The molecule has 4 atom stereocenters. The third kappa shape index (κ3) is 9.39. The molecule has 1 heterocycles. The molecular formula is C26H38O5. The Bertz CT molecular complexity index is 665. The van der Waals surface area contributed by atoms with Gasteiger partial charge >= 0.3 is 5.97 Å². The van der Waals surface area contributed by atoms with E-state index in [1.54, 1.807) is 12.2 Å². The van der Waals surface area contributed by atoms with Crippen LogP contribution in [0.4, 0.5) is 0 Å². The van der Waals surface area contributed by atoms with Crippen LogP contribution in [0.15, 0.2) is 42.2 Å². The van der Waals surface area contributed by atoms with Gasteiger partial charge in [0.2, 0.25) is 0 Å². The standard InChI is InChI=1S/C26H38O5/c1-3-4-5-6-7-9-14-21-18-19-23(27)22(21)15-10-8-11-16-24(26(28)29-2)31-25-17-12-13-20-30-25/h9-11,14,18-19,21-22,24-25H,3-7,12-13,15-17,20H2,1-2H3/t8?,21-,22+,24?,25+/m0/s1. The molecule has 5 nitrogen and oxygen atoms in total. The van der Waals surface area contributed by atoms with Crippen LogP contribution in [0.25, 0.3) is 0 Å². The molecular weight excluding hydrogens is 392 g/mol. The van der Waals surface area contributed by atoms with Gasteiger partial charge in [-0.1, -0.05) is 44.4 Å². The Hall–Kier alpha value is -1.94. The molecule has 0 aromatic carbocycles. The number of ketones is 1. The maximum absolute atomic E-state index is 12.2. The Balaban J connectivity index is 1.81. The normalized spacial score (nSPS) is 24.2. The Kier molecular flexibility index (Phi) is 12.2. The maximum Gasteiger partial charge on any atom is 0.335 e. The largest absolute Gasteiger partial charge is 0.467 e. The van der Waals surface area contributed by atoms with Crippen molar-refractivity contribution in [1.82, 2.24) is 0 Å². The molecule has 1 saturated heterocycles. The predicted molar refractivity (Wildman–Crippen MR) is 121 cm³/mol. The van der Waals surface area contributed by atoms with Crippen LogP contribution in [0, 0.1) is 11.8 Å². The fraction of sp³-hybridized carbons (Fsp3) is 0.654. The summed E-state index contributed by atoms with van der Waals surface area (Å²) in [6.45, 7) is 2.87. The van der Waals surface area contributed by atoms with Crippen LogP contribution in [0.5, 0.6) is 0 Å². The number of esters is 1. The summed E-state index contributed by atoms with van der Waals surface area (Å²) in [6, 6.07) is 0. The zero-order valence-corrected chi connectivity index (χ0v) is 19.1. The van der Waals surface area contributed by atoms with Gasteiger partial charge in [0.05, 0.1) is 7.11 Å². The summed E-state index contributed by atoms with van der Waals surface area (Å²) in [4.78, 5) is 24.2. The number of rotatable bonds is 13. The molecule has 1 fully saturated rings. The molecule has 0 bridgehead atoms. The van der Waals surface area contributed by atoms with E-state index in [2.05, 4.69) is 24.8 Å². The highest BCUT2D eigenvalue weighted by Crippen LogP contribution is 2.27. The Morgan fingerprint density at radius 1 is 1.29 bits per heavy atom. The van der Waals surface area contributed by atoms with Gasteiger partial charge in [0, 0.05) is 24.9 Å². The number of hydrogen-bond donors (Lipinski definition) is 0. The van der Waals surface area contributed by atoms with Crippen molar-refractivity contribution in [3.05, 3.63) is 42.2 Å². The molecule has 1 aliphatic heterocycles. The molecule has 1 unspecified atom stereocenters. The minimum Gasteiger partial charge on any atom is -0.467 e. The van der Waals surface area contributed by atoms with Gasteiger partial charge in [0.1, 0.15) is 0 Å². The second-order valence-electron chi connectivity index (χ2n) is 8.21. The molecule has 2 aliphatic rings. The Labute approximate surface area is 187 Å². The summed E-state index contributed by atoms with van der Waals surface area (Å²) < 4.78 is 16.2. The third-order valence-corrected chi connectivity index (χ3v) is 5.75. The van der Waals surface area contributed by atoms with Crippen molar-refractivity contribution < 1.29 is 23.8 Å². The van der Waals surface area contributed by atoms with Gasteiger partial charge in [0.15, 0.2) is 18.2 Å². The van der Waals surface area contributed by atoms with Crippen LogP contribution in [0.1, 0.15) is 71.1 Å². The van der Waals surface area contributed by atoms with Crippen LogP contribution in [-0.4, -0.2) is 37.9 Å². The number of carbonyl (C=O) groups excluding carboxylic acids is 2. The van der Waals surface area contributed by atoms with Crippen molar-refractivity contribution in [1.29, 1.82) is 0 Å². The monoisotopic (exact) mass is 430 g/mol. The summed E-state index contributed by atoms with van der Waals surface area (Å²) in [5, 5.41) is 0. The summed E-state index contributed by atoms with van der Waals surface area (Å²) >= 11 is 0. The lowest BCUT2D eigenvalue weighted by Gasteiger charge is -2.25. The molecule has 0 aromatic rings. The van der Waals surface area contributed by atoms with Crippen LogP contribution >= 0.6 is 0 Å². The fourth-order valence-electron chi connectivity index (χ4n) is 3.86. The number of allylic oxidation sites excluding steroid dienone is 4. The van der Waals surface area contributed by atoms with E-state index in [9.17, 15) is 9.59 Å². The Morgan fingerprint density at radius 2 is 2.16 bits per heavy atom. The van der Waals surface area contributed by atoms with Gasteiger partial charge in [-0.3, -0.25) is 4.79 Å². The summed E-state index contributed by atoms with van der Waals surface area (Å²) in [6.07, 6.45) is 20.6. The van der Waals surface area contributed by atoms with E-state index in [4.69, 9.17) is 14.2 Å². The molecule has 0 N–H and O–H groups in total. The highest BCUT2D eigenvalue weighted by Gasteiger charge is 2.27. The topological polar surface area (TPSA) is 61.8 Å². The first-order valence-corrected chi connectivity index (χ1v) is 11.8. The quantitative estimate of drug-likeness (QED) is 0.168. The summed E-state index contributed by atoms with van der Waals surface area (Å²) in [7, 11) is 1.36. The summed E-state index contributed by atoms with van der Waals surface area (Å²) in [5.74, 6) is -0.141. The number of ether oxygens (including phenoxy) is 3. The number of hydrogen-bond acceptors (Lipinski definition) is 5. The first-order valence-electron chi connectivity index (χ1n) is 11.8. The molecule has 0 amide bonds. The lowest BCUT2D eigenvalue weighted by atomic mass is 9.91. The lowest BCUT2D eigenvalue weighted by Crippen LogP contribution is -2.33. The lowest BCUT2D eigenvalue weighted by molar-refractivity contribution is -0.201. The summed E-state index contributed by atoms with van der Waals surface area (Å²) in [5.41, 5.74) is 3.11. The van der Waals surface area contributed by atoms with Gasteiger partial charge in [-0.25, -0.2) is 4.79 Å². The molecule has 5 heteroatoms. The molecule has 1 aliphatic carbocycles. The molecule has 2 rings (SSSR count). The highest BCUT2D eigenvalue weighted by molar-refractivity contribution is 5.95. The van der Waals surface area contributed by atoms with E-state index < -0.39 is 12.1 Å². The van der Waals surface area contributed by atoms with Gasteiger partial charge in [0.25, 0.3) is 0 Å². The van der Waals surface area contributed by atoms with Crippen molar-refractivity contribution in [3.8, 4) is 0 Å². The smallest absolute Gasteiger partial charge is 0.335 e. The number of carbonyl (C=O) groups is 2. The van der Waals surface area contributed by atoms with Crippen molar-refractivity contribution >= 4 is 11.8 Å². The van der Waals surface area contributed by atoms with Crippen LogP contribution < -0.4 is 0 Å². The fourth-order valence-corrected chi connectivity index (χ4v) is 3.86. The minimum atomic E-state index is -0.702.